The zero-order valence-electron chi connectivity index (χ0n) is 19.8. The number of hydrazone groups is 1. The molecular formula is C26H26ClN3O5. The Morgan fingerprint density at radius 3 is 2.34 bits per heavy atom. The van der Waals surface area contributed by atoms with E-state index in [-0.39, 0.29) is 5.69 Å². The van der Waals surface area contributed by atoms with Crippen LogP contribution in [0.5, 0.6) is 17.2 Å². The molecule has 0 saturated carbocycles. The fraction of sp³-hybridized carbons (Fsp3) is 0.192. The lowest BCUT2D eigenvalue weighted by Crippen LogP contribution is -2.33. The van der Waals surface area contributed by atoms with Crippen LogP contribution < -0.4 is 25.0 Å². The number of hydrogen-bond donors (Lipinski definition) is 2. The Kier molecular flexibility index (Phi) is 8.69. The molecule has 0 atom stereocenters. The molecule has 35 heavy (non-hydrogen) atoms. The number of nitrogens with zero attached hydrogens (tertiary/aromatic N) is 1. The van der Waals surface area contributed by atoms with Gasteiger partial charge in [0.25, 0.3) is 0 Å². The van der Waals surface area contributed by atoms with Crippen LogP contribution in [-0.4, -0.2) is 31.7 Å². The molecule has 0 unspecified atom stereocenters. The van der Waals surface area contributed by atoms with Gasteiger partial charge in [-0.3, -0.25) is 9.59 Å². The van der Waals surface area contributed by atoms with Crippen LogP contribution in [0.3, 0.4) is 0 Å². The van der Waals surface area contributed by atoms with E-state index in [9.17, 15) is 9.59 Å². The predicted molar refractivity (Wildman–Crippen MR) is 135 cm³/mol. The first-order chi connectivity index (χ1) is 16.8. The molecule has 0 heterocycles. The minimum Gasteiger partial charge on any atom is -0.495 e. The van der Waals surface area contributed by atoms with Gasteiger partial charge in [-0.25, -0.2) is 5.43 Å². The van der Waals surface area contributed by atoms with Crippen LogP contribution in [0.4, 0.5) is 5.69 Å². The SMILES string of the molecule is COc1ccc(Cl)cc1NC(=O)C(=O)N/N=C(\C)c1ccc(OCc2ccccc2C)c(OC)c1. The topological polar surface area (TPSA) is 98.2 Å². The normalized spacial score (nSPS) is 10.9. The minimum absolute atomic E-state index is 0.270. The summed E-state index contributed by atoms with van der Waals surface area (Å²) in [5.74, 6) is -0.405. The van der Waals surface area contributed by atoms with Crippen LogP contribution in [0, 0.1) is 6.92 Å². The second-order valence-electron chi connectivity index (χ2n) is 7.52. The highest BCUT2D eigenvalue weighted by molar-refractivity contribution is 6.40. The fourth-order valence-corrected chi connectivity index (χ4v) is 3.32. The second kappa shape index (κ2) is 11.9. The highest BCUT2D eigenvalue weighted by Gasteiger charge is 2.16. The Bertz CT molecular complexity index is 1260. The largest absolute Gasteiger partial charge is 0.495 e. The number of amides is 2. The number of aryl methyl sites for hydroxylation is 1. The molecule has 2 N–H and O–H groups in total. The van der Waals surface area contributed by atoms with Gasteiger partial charge in [-0.05, 0) is 61.4 Å². The van der Waals surface area contributed by atoms with Gasteiger partial charge in [0, 0.05) is 10.6 Å². The minimum atomic E-state index is -0.948. The van der Waals surface area contributed by atoms with E-state index in [0.717, 1.165) is 11.1 Å². The van der Waals surface area contributed by atoms with E-state index in [4.69, 9.17) is 25.8 Å². The molecule has 3 aromatic rings. The maximum absolute atomic E-state index is 12.3. The molecule has 0 bridgehead atoms. The van der Waals surface area contributed by atoms with Gasteiger partial charge in [-0.15, -0.1) is 0 Å². The van der Waals surface area contributed by atoms with E-state index in [1.807, 2.05) is 31.2 Å². The molecule has 0 saturated heterocycles. The molecule has 0 fully saturated rings. The summed E-state index contributed by atoms with van der Waals surface area (Å²) in [6.45, 7) is 4.12. The summed E-state index contributed by atoms with van der Waals surface area (Å²) < 4.78 is 16.6. The third kappa shape index (κ3) is 6.74. The summed E-state index contributed by atoms with van der Waals surface area (Å²) in [7, 11) is 2.99. The molecular weight excluding hydrogens is 470 g/mol. The van der Waals surface area contributed by atoms with Crippen molar-refractivity contribution in [2.75, 3.05) is 19.5 Å². The van der Waals surface area contributed by atoms with Gasteiger partial charge in [-0.1, -0.05) is 35.9 Å². The van der Waals surface area contributed by atoms with Crippen molar-refractivity contribution in [1.29, 1.82) is 0 Å². The Hall–Kier alpha value is -4.04. The van der Waals surface area contributed by atoms with Gasteiger partial charge in [-0.2, -0.15) is 5.10 Å². The van der Waals surface area contributed by atoms with E-state index < -0.39 is 11.8 Å². The van der Waals surface area contributed by atoms with Crippen molar-refractivity contribution < 1.29 is 23.8 Å². The van der Waals surface area contributed by atoms with E-state index in [1.165, 1.54) is 13.2 Å². The molecule has 0 aliphatic rings. The quantitative estimate of drug-likeness (QED) is 0.267. The summed E-state index contributed by atoms with van der Waals surface area (Å²) in [4.78, 5) is 24.5. The molecule has 0 aliphatic carbocycles. The number of halogens is 1. The summed E-state index contributed by atoms with van der Waals surface area (Å²) in [6, 6.07) is 18.0. The van der Waals surface area contributed by atoms with Gasteiger partial charge in [0.1, 0.15) is 12.4 Å². The molecule has 3 rings (SSSR count). The number of ether oxygens (including phenoxy) is 3. The van der Waals surface area contributed by atoms with Crippen molar-refractivity contribution in [3.05, 3.63) is 82.4 Å². The first-order valence-corrected chi connectivity index (χ1v) is 11.0. The molecule has 3 aromatic carbocycles. The van der Waals surface area contributed by atoms with E-state index in [0.29, 0.717) is 40.2 Å². The summed E-state index contributed by atoms with van der Waals surface area (Å²) in [5.41, 5.74) is 5.89. The Morgan fingerprint density at radius 1 is 0.914 bits per heavy atom. The molecule has 0 spiro atoms. The molecule has 8 nitrogen and oxygen atoms in total. The lowest BCUT2D eigenvalue weighted by Gasteiger charge is -2.13. The lowest BCUT2D eigenvalue weighted by molar-refractivity contribution is -0.136. The molecule has 9 heteroatoms. The van der Waals surface area contributed by atoms with Gasteiger partial charge >= 0.3 is 11.8 Å². The number of hydrogen-bond acceptors (Lipinski definition) is 6. The van der Waals surface area contributed by atoms with Crippen molar-refractivity contribution in [2.24, 2.45) is 5.10 Å². The number of benzene rings is 3. The van der Waals surface area contributed by atoms with Crippen LogP contribution in [-0.2, 0) is 16.2 Å². The summed E-state index contributed by atoms with van der Waals surface area (Å²) >= 11 is 5.95. The second-order valence-corrected chi connectivity index (χ2v) is 7.95. The zero-order valence-corrected chi connectivity index (χ0v) is 20.6. The Morgan fingerprint density at radius 2 is 1.63 bits per heavy atom. The molecule has 0 aliphatic heterocycles. The number of methoxy groups -OCH3 is 2. The van der Waals surface area contributed by atoms with Crippen LogP contribution in [0.15, 0.2) is 65.8 Å². The molecule has 0 aromatic heterocycles. The van der Waals surface area contributed by atoms with E-state index >= 15 is 0 Å². The maximum Gasteiger partial charge on any atom is 0.329 e. The highest BCUT2D eigenvalue weighted by Crippen LogP contribution is 2.30. The summed E-state index contributed by atoms with van der Waals surface area (Å²) in [5, 5.41) is 6.87. The highest BCUT2D eigenvalue weighted by atomic mass is 35.5. The molecule has 0 radical (unpaired) electrons. The maximum atomic E-state index is 12.3. The number of rotatable bonds is 8. The Labute approximate surface area is 208 Å². The van der Waals surface area contributed by atoms with Crippen molar-refractivity contribution in [3.8, 4) is 17.2 Å². The number of carbonyl (C=O) groups is 2. The third-order valence-electron chi connectivity index (χ3n) is 5.17. The monoisotopic (exact) mass is 495 g/mol. The van der Waals surface area contributed by atoms with Crippen LogP contribution >= 0.6 is 11.6 Å². The van der Waals surface area contributed by atoms with Gasteiger partial charge in [0.2, 0.25) is 0 Å². The van der Waals surface area contributed by atoms with Crippen LogP contribution in [0.1, 0.15) is 23.6 Å². The van der Waals surface area contributed by atoms with Crippen molar-refractivity contribution in [2.45, 2.75) is 20.5 Å². The molecule has 182 valence electrons. The van der Waals surface area contributed by atoms with Crippen molar-refractivity contribution in [1.82, 2.24) is 5.43 Å². The van der Waals surface area contributed by atoms with Gasteiger partial charge < -0.3 is 19.5 Å². The number of nitrogens with one attached hydrogen (secondary N) is 2. The third-order valence-corrected chi connectivity index (χ3v) is 5.40. The van der Waals surface area contributed by atoms with Crippen molar-refractivity contribution in [3.63, 3.8) is 0 Å². The average molecular weight is 496 g/mol. The Balaban J connectivity index is 1.65. The average Bonchev–Trinajstić information content (AvgIpc) is 2.86. The fourth-order valence-electron chi connectivity index (χ4n) is 3.15. The predicted octanol–water partition coefficient (Wildman–Crippen LogP) is 4.72. The number of carbonyl (C=O) groups excluding carboxylic acids is 2. The van der Waals surface area contributed by atoms with E-state index in [2.05, 4.69) is 15.8 Å². The van der Waals surface area contributed by atoms with Crippen molar-refractivity contribution >= 4 is 34.8 Å². The number of anilines is 1. The molecule has 2 amide bonds. The standard InChI is InChI=1S/C26H26ClN3O5/c1-16-7-5-6-8-19(16)15-35-23-11-9-18(13-24(23)34-4)17(2)29-30-26(32)25(31)28-21-14-20(27)10-12-22(21)33-3/h5-14H,15H2,1-4H3,(H,28,31)(H,30,32)/b29-17+. The van der Waals surface area contributed by atoms with E-state index in [1.54, 1.807) is 44.4 Å². The van der Waals surface area contributed by atoms with Crippen LogP contribution in [0.25, 0.3) is 0 Å². The van der Waals surface area contributed by atoms with Crippen LogP contribution in [0.2, 0.25) is 5.02 Å². The first-order valence-electron chi connectivity index (χ1n) is 10.7. The smallest absolute Gasteiger partial charge is 0.329 e. The summed E-state index contributed by atoms with van der Waals surface area (Å²) in [6.07, 6.45) is 0. The zero-order chi connectivity index (χ0) is 25.4. The lowest BCUT2D eigenvalue weighted by atomic mass is 10.1. The first kappa shape index (κ1) is 25.6. The van der Waals surface area contributed by atoms with Gasteiger partial charge in [0.05, 0.1) is 25.6 Å². The van der Waals surface area contributed by atoms with Gasteiger partial charge in [0.15, 0.2) is 11.5 Å².